The number of aromatic carboxylic acids is 1. The van der Waals surface area contributed by atoms with Crippen molar-refractivity contribution < 1.29 is 14.7 Å². The minimum absolute atomic E-state index is 0.0272. The Morgan fingerprint density at radius 3 is 2.56 bits per heavy atom. The maximum absolute atomic E-state index is 12.0. The van der Waals surface area contributed by atoms with Gasteiger partial charge in [0.15, 0.2) is 0 Å². The molecule has 1 aromatic carbocycles. The van der Waals surface area contributed by atoms with Crippen molar-refractivity contribution in [1.29, 1.82) is 10.5 Å². The molecule has 0 aliphatic heterocycles. The number of benzene rings is 1. The minimum Gasteiger partial charge on any atom is -0.478 e. The molecular formula is C16H11N5O3S. The highest BCUT2D eigenvalue weighted by atomic mass is 32.2. The average Bonchev–Trinajstić information content (AvgIpc) is 2.60. The van der Waals surface area contributed by atoms with E-state index in [9.17, 15) is 9.59 Å². The quantitative estimate of drug-likeness (QED) is 0.688. The highest BCUT2D eigenvalue weighted by Gasteiger charge is 2.14. The SMILES string of the molecule is N#Cc1cc(C#N)c(SCC(=O)Nc2ccccc2C(=O)O)nc1N. The van der Waals surface area contributed by atoms with Crippen LogP contribution in [0.3, 0.4) is 0 Å². The second-order valence-electron chi connectivity index (χ2n) is 4.69. The number of anilines is 2. The van der Waals surface area contributed by atoms with Crippen LogP contribution in [0, 0.1) is 22.7 Å². The molecule has 0 unspecified atom stereocenters. The largest absolute Gasteiger partial charge is 0.478 e. The number of para-hydroxylation sites is 1. The van der Waals surface area contributed by atoms with Crippen molar-refractivity contribution in [3.63, 3.8) is 0 Å². The van der Waals surface area contributed by atoms with Crippen LogP contribution in [0.5, 0.6) is 0 Å². The van der Waals surface area contributed by atoms with Gasteiger partial charge in [-0.3, -0.25) is 4.79 Å². The van der Waals surface area contributed by atoms with E-state index in [2.05, 4.69) is 10.3 Å². The van der Waals surface area contributed by atoms with Crippen LogP contribution in [0.25, 0.3) is 0 Å². The molecule has 2 rings (SSSR count). The normalized spacial score (nSPS) is 9.68. The number of rotatable bonds is 5. The molecule has 0 saturated carbocycles. The van der Waals surface area contributed by atoms with Crippen molar-refractivity contribution >= 4 is 35.1 Å². The summed E-state index contributed by atoms with van der Waals surface area (Å²) in [4.78, 5) is 27.1. The van der Waals surface area contributed by atoms with Gasteiger partial charge in [-0.25, -0.2) is 9.78 Å². The number of nitrogens with one attached hydrogen (secondary N) is 1. The lowest BCUT2D eigenvalue weighted by Crippen LogP contribution is -2.16. The highest BCUT2D eigenvalue weighted by molar-refractivity contribution is 8.00. The number of nitrogen functional groups attached to an aromatic ring is 1. The zero-order valence-corrected chi connectivity index (χ0v) is 13.5. The summed E-state index contributed by atoms with van der Waals surface area (Å²) in [6.45, 7) is 0. The Kier molecular flexibility index (Phi) is 5.56. The lowest BCUT2D eigenvalue weighted by molar-refractivity contribution is -0.113. The first-order chi connectivity index (χ1) is 12.0. The molecule has 0 fully saturated rings. The van der Waals surface area contributed by atoms with Crippen molar-refractivity contribution in [2.45, 2.75) is 5.03 Å². The van der Waals surface area contributed by atoms with Crippen LogP contribution in [0.2, 0.25) is 0 Å². The number of amides is 1. The van der Waals surface area contributed by atoms with E-state index >= 15 is 0 Å². The summed E-state index contributed by atoms with van der Waals surface area (Å²) < 4.78 is 0. The van der Waals surface area contributed by atoms with Gasteiger partial charge >= 0.3 is 5.97 Å². The van der Waals surface area contributed by atoms with Crippen molar-refractivity contribution in [2.75, 3.05) is 16.8 Å². The van der Waals surface area contributed by atoms with Crippen LogP contribution in [0.15, 0.2) is 35.4 Å². The molecule has 25 heavy (non-hydrogen) atoms. The third-order valence-corrected chi connectivity index (χ3v) is 4.02. The molecule has 8 nitrogen and oxygen atoms in total. The Balaban J connectivity index is 2.12. The lowest BCUT2D eigenvalue weighted by Gasteiger charge is -2.09. The number of pyridine rings is 1. The fourth-order valence-electron chi connectivity index (χ4n) is 1.89. The molecule has 9 heteroatoms. The maximum atomic E-state index is 12.0. The van der Waals surface area contributed by atoms with Crippen molar-refractivity contribution in [3.8, 4) is 12.1 Å². The van der Waals surface area contributed by atoms with Gasteiger partial charge in [0.1, 0.15) is 23.0 Å². The summed E-state index contributed by atoms with van der Waals surface area (Å²) in [7, 11) is 0. The standard InChI is InChI=1S/C16H11N5O3S/c17-6-9-5-10(7-18)15(21-14(9)19)25-8-13(22)20-12-4-2-1-3-11(12)16(23)24/h1-5H,8H2,(H2,19,21)(H,20,22)(H,23,24). The summed E-state index contributed by atoms with van der Waals surface area (Å²) in [6, 6.07) is 11.0. The minimum atomic E-state index is -1.16. The molecule has 0 atom stereocenters. The van der Waals surface area contributed by atoms with E-state index in [1.807, 2.05) is 12.1 Å². The number of carbonyl (C=O) groups is 2. The molecule has 0 aliphatic carbocycles. The molecule has 1 heterocycles. The monoisotopic (exact) mass is 353 g/mol. The summed E-state index contributed by atoms with van der Waals surface area (Å²) in [5.74, 6) is -1.76. The number of carbonyl (C=O) groups excluding carboxylic acids is 1. The smallest absolute Gasteiger partial charge is 0.337 e. The molecule has 4 N–H and O–H groups in total. The molecule has 124 valence electrons. The number of carboxylic acid groups (broad SMARTS) is 1. The number of nitrogens with two attached hydrogens (primary N) is 1. The van der Waals surface area contributed by atoms with Gasteiger partial charge in [-0.05, 0) is 18.2 Å². The van der Waals surface area contributed by atoms with Gasteiger partial charge in [-0.1, -0.05) is 23.9 Å². The van der Waals surface area contributed by atoms with Gasteiger partial charge < -0.3 is 16.2 Å². The van der Waals surface area contributed by atoms with Gasteiger partial charge in [0.05, 0.1) is 28.1 Å². The number of hydrogen-bond donors (Lipinski definition) is 3. The number of nitrogens with zero attached hydrogens (tertiary/aromatic N) is 3. The summed E-state index contributed by atoms with van der Waals surface area (Å²) in [5.41, 5.74) is 5.98. The van der Waals surface area contributed by atoms with E-state index < -0.39 is 11.9 Å². The van der Waals surface area contributed by atoms with Crippen LogP contribution in [0.1, 0.15) is 21.5 Å². The number of hydrogen-bond acceptors (Lipinski definition) is 7. The van der Waals surface area contributed by atoms with E-state index in [0.29, 0.717) is 0 Å². The number of thioether (sulfide) groups is 1. The van der Waals surface area contributed by atoms with E-state index in [0.717, 1.165) is 11.8 Å². The first-order valence-electron chi connectivity index (χ1n) is 6.82. The maximum Gasteiger partial charge on any atom is 0.337 e. The molecule has 0 radical (unpaired) electrons. The lowest BCUT2D eigenvalue weighted by atomic mass is 10.2. The molecule has 2 aromatic rings. The Hall–Kier alpha value is -3.56. The molecule has 1 amide bonds. The van der Waals surface area contributed by atoms with Crippen molar-refractivity contribution in [1.82, 2.24) is 4.98 Å². The Labute approximate surface area is 146 Å². The van der Waals surface area contributed by atoms with Gasteiger partial charge in [0.2, 0.25) is 5.91 Å². The van der Waals surface area contributed by atoms with E-state index in [4.69, 9.17) is 21.4 Å². The average molecular weight is 353 g/mol. The second kappa shape index (κ2) is 7.81. The van der Waals surface area contributed by atoms with Crippen LogP contribution in [0.4, 0.5) is 11.5 Å². The van der Waals surface area contributed by atoms with E-state index in [1.165, 1.54) is 18.2 Å². The van der Waals surface area contributed by atoms with Gasteiger partial charge in [0.25, 0.3) is 0 Å². The Bertz CT molecular complexity index is 930. The van der Waals surface area contributed by atoms with Crippen molar-refractivity contribution in [2.24, 2.45) is 0 Å². The Morgan fingerprint density at radius 1 is 1.24 bits per heavy atom. The van der Waals surface area contributed by atoms with Gasteiger partial charge in [-0.2, -0.15) is 10.5 Å². The summed E-state index contributed by atoms with van der Waals surface area (Å²) in [5, 5.41) is 29.8. The van der Waals surface area contributed by atoms with Crippen molar-refractivity contribution in [3.05, 3.63) is 47.0 Å². The number of aromatic nitrogens is 1. The van der Waals surface area contributed by atoms with Gasteiger partial charge in [-0.15, -0.1) is 0 Å². The summed E-state index contributed by atoms with van der Waals surface area (Å²) >= 11 is 0.964. The molecule has 0 spiro atoms. The zero-order valence-electron chi connectivity index (χ0n) is 12.7. The van der Waals surface area contributed by atoms with Gasteiger partial charge in [0, 0.05) is 0 Å². The molecule has 0 bridgehead atoms. The molecule has 0 aliphatic rings. The van der Waals surface area contributed by atoms with Crippen LogP contribution >= 0.6 is 11.8 Å². The zero-order chi connectivity index (χ0) is 18.4. The first-order valence-corrected chi connectivity index (χ1v) is 7.80. The van der Waals surface area contributed by atoms with E-state index in [1.54, 1.807) is 12.1 Å². The number of nitriles is 2. The fraction of sp³-hybridized carbons (Fsp3) is 0.0625. The summed E-state index contributed by atoms with van der Waals surface area (Å²) in [6.07, 6.45) is 0. The molecule has 1 aromatic heterocycles. The molecular weight excluding hydrogens is 342 g/mol. The van der Waals surface area contributed by atoms with Crippen LogP contribution in [-0.4, -0.2) is 27.7 Å². The highest BCUT2D eigenvalue weighted by Crippen LogP contribution is 2.24. The van der Waals surface area contributed by atoms with Crippen LogP contribution < -0.4 is 11.1 Å². The Morgan fingerprint density at radius 2 is 1.92 bits per heavy atom. The number of carboxylic acids is 1. The third-order valence-electron chi connectivity index (χ3n) is 3.03. The predicted octanol–water partition coefficient (Wildman–Crippen LogP) is 1.84. The first kappa shape index (κ1) is 17.8. The molecule has 0 saturated heterocycles. The fourth-order valence-corrected chi connectivity index (χ4v) is 2.65. The van der Waals surface area contributed by atoms with E-state index in [-0.39, 0.29) is 39.0 Å². The van der Waals surface area contributed by atoms with Crippen LogP contribution in [-0.2, 0) is 4.79 Å². The second-order valence-corrected chi connectivity index (χ2v) is 5.65. The third kappa shape index (κ3) is 4.25. The predicted molar refractivity (Wildman–Crippen MR) is 90.8 cm³/mol. The topological polar surface area (TPSA) is 153 Å².